The van der Waals surface area contributed by atoms with Crippen LogP contribution >= 0.6 is 0 Å². The van der Waals surface area contributed by atoms with E-state index in [-0.39, 0.29) is 17.8 Å². The molecule has 150 valence electrons. The first-order valence-corrected chi connectivity index (χ1v) is 9.87. The van der Waals surface area contributed by atoms with Gasteiger partial charge in [0.15, 0.2) is 5.65 Å². The first kappa shape index (κ1) is 18.1. The van der Waals surface area contributed by atoms with Crippen LogP contribution in [0.3, 0.4) is 0 Å². The second-order valence-electron chi connectivity index (χ2n) is 7.87. The molecule has 1 unspecified atom stereocenters. The van der Waals surface area contributed by atoms with Gasteiger partial charge in [0.05, 0.1) is 36.4 Å². The van der Waals surface area contributed by atoms with Gasteiger partial charge in [-0.25, -0.2) is 15.0 Å². The lowest BCUT2D eigenvalue weighted by atomic mass is 9.81. The van der Waals surface area contributed by atoms with Crippen LogP contribution in [0.15, 0.2) is 12.4 Å². The van der Waals surface area contributed by atoms with E-state index in [1.165, 1.54) is 0 Å². The molecular weight excluding hydrogens is 370 g/mol. The van der Waals surface area contributed by atoms with E-state index in [9.17, 15) is 4.79 Å². The molecule has 5 rings (SSSR count). The Balaban J connectivity index is 1.53. The van der Waals surface area contributed by atoms with Gasteiger partial charge in [0.25, 0.3) is 0 Å². The highest BCUT2D eigenvalue weighted by molar-refractivity contribution is 5.88. The topological polar surface area (TPSA) is 98.9 Å². The van der Waals surface area contributed by atoms with E-state index in [0.29, 0.717) is 49.7 Å². The molecule has 1 aliphatic heterocycles. The van der Waals surface area contributed by atoms with Crippen LogP contribution in [0.4, 0.5) is 5.95 Å². The zero-order chi connectivity index (χ0) is 20.1. The fourth-order valence-corrected chi connectivity index (χ4v) is 3.87. The quantitative estimate of drug-likeness (QED) is 0.664. The standard InChI is InChI=1S/C20H23N7O2/c1-11-12(2)23-19-18(22-11)17(13-6-15(28)7-13)24-20(25-19)27-4-5-29-16(10-27)14-8-21-26(3)9-14/h8-9,13,16H,4-7,10H2,1-3H3. The first-order chi connectivity index (χ1) is 14.0. The lowest BCUT2D eigenvalue weighted by molar-refractivity contribution is -0.124. The number of ketones is 1. The molecule has 9 heteroatoms. The molecule has 1 saturated heterocycles. The van der Waals surface area contributed by atoms with Gasteiger partial charge in [-0.05, 0) is 13.8 Å². The highest BCUT2D eigenvalue weighted by Crippen LogP contribution is 2.36. The van der Waals surface area contributed by atoms with E-state index in [2.05, 4.69) is 15.0 Å². The van der Waals surface area contributed by atoms with Crippen molar-refractivity contribution < 1.29 is 9.53 Å². The van der Waals surface area contributed by atoms with Crippen LogP contribution in [0, 0.1) is 13.8 Å². The largest absolute Gasteiger partial charge is 0.370 e. The molecule has 0 spiro atoms. The Bertz CT molecular complexity index is 1100. The van der Waals surface area contributed by atoms with E-state index < -0.39 is 0 Å². The fourth-order valence-electron chi connectivity index (χ4n) is 3.87. The fraction of sp³-hybridized carbons (Fsp3) is 0.500. The van der Waals surface area contributed by atoms with E-state index in [1.807, 2.05) is 33.3 Å². The Morgan fingerprint density at radius 2 is 1.90 bits per heavy atom. The number of Topliss-reactive ketones (excluding diaryl/α,β-unsaturated/α-hetero) is 1. The second kappa shape index (κ2) is 6.84. The van der Waals surface area contributed by atoms with Crippen LogP contribution in [0.5, 0.6) is 0 Å². The average molecular weight is 393 g/mol. The number of morpholine rings is 1. The number of carbonyl (C=O) groups excluding carboxylic acids is 1. The molecule has 3 aromatic heterocycles. The predicted octanol–water partition coefficient (Wildman–Crippen LogP) is 1.79. The van der Waals surface area contributed by atoms with Crippen molar-refractivity contribution in [3.05, 3.63) is 35.0 Å². The van der Waals surface area contributed by atoms with Gasteiger partial charge in [-0.3, -0.25) is 9.48 Å². The van der Waals surface area contributed by atoms with Crippen molar-refractivity contribution in [2.45, 2.75) is 38.7 Å². The van der Waals surface area contributed by atoms with Gasteiger partial charge < -0.3 is 9.64 Å². The van der Waals surface area contributed by atoms with Crippen molar-refractivity contribution in [1.82, 2.24) is 29.7 Å². The number of anilines is 1. The second-order valence-corrected chi connectivity index (χ2v) is 7.87. The minimum absolute atomic E-state index is 0.0867. The van der Waals surface area contributed by atoms with Gasteiger partial charge in [-0.2, -0.15) is 10.1 Å². The Morgan fingerprint density at radius 3 is 2.62 bits per heavy atom. The summed E-state index contributed by atoms with van der Waals surface area (Å²) in [7, 11) is 1.89. The van der Waals surface area contributed by atoms with Crippen molar-refractivity contribution in [3.63, 3.8) is 0 Å². The van der Waals surface area contributed by atoms with Crippen LogP contribution in [0.25, 0.3) is 11.2 Å². The van der Waals surface area contributed by atoms with E-state index in [0.717, 1.165) is 22.6 Å². The molecule has 0 aromatic carbocycles. The predicted molar refractivity (Wildman–Crippen MR) is 106 cm³/mol. The summed E-state index contributed by atoms with van der Waals surface area (Å²) in [6, 6.07) is 0. The summed E-state index contributed by atoms with van der Waals surface area (Å²) < 4.78 is 7.73. The molecule has 0 bridgehead atoms. The van der Waals surface area contributed by atoms with E-state index >= 15 is 0 Å². The number of aromatic nitrogens is 6. The molecule has 1 aliphatic carbocycles. The lowest BCUT2D eigenvalue weighted by Gasteiger charge is -2.33. The van der Waals surface area contributed by atoms with E-state index in [1.54, 1.807) is 4.68 Å². The maximum atomic E-state index is 11.6. The van der Waals surface area contributed by atoms with Gasteiger partial charge in [-0.15, -0.1) is 0 Å². The zero-order valence-corrected chi connectivity index (χ0v) is 16.8. The number of carbonyl (C=O) groups is 1. The molecular formula is C20H23N7O2. The van der Waals surface area contributed by atoms with Gasteiger partial charge in [-0.1, -0.05) is 0 Å². The summed E-state index contributed by atoms with van der Waals surface area (Å²) >= 11 is 0. The Hall–Kier alpha value is -2.94. The normalized spacial score (nSPS) is 20.3. The lowest BCUT2D eigenvalue weighted by Crippen LogP contribution is -2.39. The Labute approximate surface area is 168 Å². The minimum atomic E-state index is -0.0867. The van der Waals surface area contributed by atoms with Crippen LogP contribution in [0.2, 0.25) is 0 Å². The van der Waals surface area contributed by atoms with Crippen LogP contribution in [0.1, 0.15) is 47.5 Å². The molecule has 3 aromatic rings. The van der Waals surface area contributed by atoms with Crippen molar-refractivity contribution in [2.24, 2.45) is 7.05 Å². The third-order valence-electron chi connectivity index (χ3n) is 5.74. The summed E-state index contributed by atoms with van der Waals surface area (Å²) in [4.78, 5) is 32.7. The first-order valence-electron chi connectivity index (χ1n) is 9.87. The SMILES string of the molecule is Cc1nc2nc(N3CCOC(c4cnn(C)c4)C3)nc(C3CC(=O)C3)c2nc1C. The molecule has 1 saturated carbocycles. The summed E-state index contributed by atoms with van der Waals surface area (Å²) in [5.74, 6) is 0.989. The number of nitrogens with zero attached hydrogens (tertiary/aromatic N) is 7. The molecule has 0 N–H and O–H groups in total. The maximum Gasteiger partial charge on any atom is 0.227 e. The highest BCUT2D eigenvalue weighted by Gasteiger charge is 2.33. The van der Waals surface area contributed by atoms with Gasteiger partial charge >= 0.3 is 0 Å². The molecule has 0 radical (unpaired) electrons. The molecule has 0 amide bonds. The summed E-state index contributed by atoms with van der Waals surface area (Å²) in [5, 5.41) is 4.25. The number of aryl methyl sites for hydroxylation is 3. The zero-order valence-electron chi connectivity index (χ0n) is 16.8. The highest BCUT2D eigenvalue weighted by atomic mass is 16.5. The number of hydrogen-bond donors (Lipinski definition) is 0. The average Bonchev–Trinajstić information content (AvgIpc) is 3.12. The van der Waals surface area contributed by atoms with Gasteiger partial charge in [0.2, 0.25) is 5.95 Å². The van der Waals surface area contributed by atoms with Crippen molar-refractivity contribution in [2.75, 3.05) is 24.6 Å². The van der Waals surface area contributed by atoms with Crippen molar-refractivity contribution in [1.29, 1.82) is 0 Å². The van der Waals surface area contributed by atoms with Crippen LogP contribution in [-0.4, -0.2) is 55.2 Å². The third-order valence-corrected chi connectivity index (χ3v) is 5.74. The molecule has 1 atom stereocenters. The van der Waals surface area contributed by atoms with Gasteiger partial charge in [0, 0.05) is 44.1 Å². The number of fused-ring (bicyclic) bond motifs is 1. The Morgan fingerprint density at radius 1 is 1.10 bits per heavy atom. The minimum Gasteiger partial charge on any atom is -0.370 e. The summed E-state index contributed by atoms with van der Waals surface area (Å²) in [6.07, 6.45) is 4.75. The van der Waals surface area contributed by atoms with Crippen molar-refractivity contribution >= 4 is 22.9 Å². The van der Waals surface area contributed by atoms with E-state index in [4.69, 9.17) is 19.7 Å². The third kappa shape index (κ3) is 3.25. The maximum absolute atomic E-state index is 11.6. The van der Waals surface area contributed by atoms with Gasteiger partial charge in [0.1, 0.15) is 17.4 Å². The van der Waals surface area contributed by atoms with Crippen molar-refractivity contribution in [3.8, 4) is 0 Å². The van der Waals surface area contributed by atoms with Crippen LogP contribution < -0.4 is 4.90 Å². The molecule has 4 heterocycles. The number of ether oxygens (including phenoxy) is 1. The summed E-state index contributed by atoms with van der Waals surface area (Å²) in [5.41, 5.74) is 4.90. The number of hydrogen-bond acceptors (Lipinski definition) is 8. The molecule has 2 fully saturated rings. The monoisotopic (exact) mass is 393 g/mol. The molecule has 29 heavy (non-hydrogen) atoms. The Kier molecular flexibility index (Phi) is 4.27. The van der Waals surface area contributed by atoms with Crippen LogP contribution in [-0.2, 0) is 16.6 Å². The smallest absolute Gasteiger partial charge is 0.227 e. The molecule has 9 nitrogen and oxygen atoms in total. The number of rotatable bonds is 3. The summed E-state index contributed by atoms with van der Waals surface area (Å²) in [6.45, 7) is 5.79. The molecule has 2 aliphatic rings.